The van der Waals surface area contributed by atoms with Gasteiger partial charge in [-0.1, -0.05) is 13.8 Å². The third-order valence-corrected chi connectivity index (χ3v) is 5.57. The van der Waals surface area contributed by atoms with Crippen LogP contribution in [0.15, 0.2) is 27.8 Å². The number of anilines is 2. The maximum atomic E-state index is 13.2. The molecule has 1 atom stereocenters. The largest absolute Gasteiger partial charge is 0.497 e. The van der Waals surface area contributed by atoms with Crippen LogP contribution in [-0.2, 0) is 20.1 Å². The topological polar surface area (TPSA) is 83.5 Å². The second-order valence-electron chi connectivity index (χ2n) is 7.75. The van der Waals surface area contributed by atoms with Crippen LogP contribution in [0.5, 0.6) is 11.5 Å². The van der Waals surface area contributed by atoms with Gasteiger partial charge in [-0.25, -0.2) is 4.79 Å². The van der Waals surface area contributed by atoms with Gasteiger partial charge in [-0.2, -0.15) is 4.98 Å². The summed E-state index contributed by atoms with van der Waals surface area (Å²) in [6, 6.07) is 5.59. The molecule has 0 N–H and O–H groups in total. The van der Waals surface area contributed by atoms with Gasteiger partial charge >= 0.3 is 5.69 Å². The Kier molecular flexibility index (Phi) is 5.05. The average Bonchev–Trinajstić information content (AvgIpc) is 3.13. The smallest absolute Gasteiger partial charge is 0.332 e. The molecule has 3 heterocycles. The molecule has 0 radical (unpaired) electrons. The summed E-state index contributed by atoms with van der Waals surface area (Å²) >= 11 is 0. The van der Waals surface area contributed by atoms with Crippen LogP contribution in [0.1, 0.15) is 20.3 Å². The fourth-order valence-corrected chi connectivity index (χ4v) is 4.14. The highest BCUT2D eigenvalue weighted by molar-refractivity contribution is 5.78. The molecule has 160 valence electrons. The molecular weight excluding hydrogens is 386 g/mol. The quantitative estimate of drug-likeness (QED) is 0.637. The molecule has 1 aromatic carbocycles. The maximum absolute atomic E-state index is 13.2. The van der Waals surface area contributed by atoms with Gasteiger partial charge in [0.05, 0.1) is 19.9 Å². The molecule has 0 fully saturated rings. The van der Waals surface area contributed by atoms with Gasteiger partial charge in [-0.05, 0) is 24.5 Å². The Morgan fingerprint density at radius 3 is 2.60 bits per heavy atom. The first-order valence-electron chi connectivity index (χ1n) is 10.1. The number of aromatic nitrogens is 4. The van der Waals surface area contributed by atoms with Gasteiger partial charge in [0.15, 0.2) is 11.2 Å². The van der Waals surface area contributed by atoms with Crippen molar-refractivity contribution in [2.45, 2.75) is 33.4 Å². The predicted octanol–water partition coefficient (Wildman–Crippen LogP) is 2.11. The first kappa shape index (κ1) is 20.1. The van der Waals surface area contributed by atoms with E-state index in [9.17, 15) is 9.59 Å². The summed E-state index contributed by atoms with van der Waals surface area (Å²) in [5, 5.41) is 0. The van der Waals surface area contributed by atoms with Gasteiger partial charge < -0.3 is 18.9 Å². The molecule has 3 aromatic rings. The van der Waals surface area contributed by atoms with Crippen molar-refractivity contribution >= 4 is 22.8 Å². The lowest BCUT2D eigenvalue weighted by molar-refractivity contribution is 0.399. The highest BCUT2D eigenvalue weighted by atomic mass is 16.5. The van der Waals surface area contributed by atoms with E-state index in [-0.39, 0.29) is 17.2 Å². The van der Waals surface area contributed by atoms with E-state index in [1.54, 1.807) is 21.3 Å². The highest BCUT2D eigenvalue weighted by Gasteiger charge is 2.31. The van der Waals surface area contributed by atoms with E-state index in [1.165, 1.54) is 9.13 Å². The van der Waals surface area contributed by atoms with E-state index >= 15 is 0 Å². The number of methoxy groups -OCH3 is 2. The zero-order chi connectivity index (χ0) is 21.6. The van der Waals surface area contributed by atoms with Crippen molar-refractivity contribution in [1.29, 1.82) is 0 Å². The highest BCUT2D eigenvalue weighted by Crippen LogP contribution is 2.39. The molecular formula is C21H27N5O4. The second kappa shape index (κ2) is 7.55. The number of nitrogens with zero attached hydrogens (tertiary/aromatic N) is 5. The number of aryl methyl sites for hydroxylation is 1. The number of ether oxygens (including phenoxy) is 2. The summed E-state index contributed by atoms with van der Waals surface area (Å²) < 4.78 is 15.7. The van der Waals surface area contributed by atoms with Crippen LogP contribution in [0.25, 0.3) is 11.2 Å². The van der Waals surface area contributed by atoms with Crippen LogP contribution in [0.3, 0.4) is 0 Å². The lowest BCUT2D eigenvalue weighted by Crippen LogP contribution is -2.40. The molecule has 2 aromatic heterocycles. The van der Waals surface area contributed by atoms with Gasteiger partial charge in [-0.3, -0.25) is 13.9 Å². The number of hydrogen-bond donors (Lipinski definition) is 0. The Morgan fingerprint density at radius 1 is 1.17 bits per heavy atom. The lowest BCUT2D eigenvalue weighted by atomic mass is 10.1. The zero-order valence-corrected chi connectivity index (χ0v) is 18.0. The van der Waals surface area contributed by atoms with Crippen molar-refractivity contribution in [3.63, 3.8) is 0 Å². The minimum absolute atomic E-state index is 0.252. The van der Waals surface area contributed by atoms with E-state index < -0.39 is 0 Å². The van der Waals surface area contributed by atoms with Crippen molar-refractivity contribution < 1.29 is 9.47 Å². The van der Waals surface area contributed by atoms with Gasteiger partial charge in [0.2, 0.25) is 5.95 Å². The fraction of sp³-hybridized carbons (Fsp3) is 0.476. The number of imidazole rings is 1. The minimum Gasteiger partial charge on any atom is -0.497 e. The normalized spacial score (nSPS) is 16.0. The van der Waals surface area contributed by atoms with Crippen molar-refractivity contribution in [2.24, 2.45) is 13.0 Å². The van der Waals surface area contributed by atoms with E-state index in [1.807, 2.05) is 34.6 Å². The molecule has 4 rings (SSSR count). The second-order valence-corrected chi connectivity index (χ2v) is 7.75. The molecule has 30 heavy (non-hydrogen) atoms. The summed E-state index contributed by atoms with van der Waals surface area (Å²) in [6.07, 6.45) is 0.700. The molecule has 0 saturated carbocycles. The van der Waals surface area contributed by atoms with Gasteiger partial charge in [0.25, 0.3) is 5.56 Å². The molecule has 9 nitrogen and oxygen atoms in total. The summed E-state index contributed by atoms with van der Waals surface area (Å²) in [6.45, 7) is 5.80. The molecule has 0 unspecified atom stereocenters. The Morgan fingerprint density at radius 2 is 1.93 bits per heavy atom. The number of hydrogen-bond acceptors (Lipinski definition) is 6. The molecule has 0 bridgehead atoms. The molecule has 0 spiro atoms. The van der Waals surface area contributed by atoms with Crippen molar-refractivity contribution in [2.75, 3.05) is 25.7 Å². The summed E-state index contributed by atoms with van der Waals surface area (Å²) in [4.78, 5) is 32.7. The van der Waals surface area contributed by atoms with Gasteiger partial charge in [-0.15, -0.1) is 0 Å². The Balaban J connectivity index is 2.02. The summed E-state index contributed by atoms with van der Waals surface area (Å²) in [7, 11) is 4.90. The summed E-state index contributed by atoms with van der Waals surface area (Å²) in [5.41, 5.74) is 1.02. The Bertz CT molecular complexity index is 1220. The summed E-state index contributed by atoms with van der Waals surface area (Å²) in [5.74, 6) is 2.25. The van der Waals surface area contributed by atoms with Crippen molar-refractivity contribution in [3.8, 4) is 11.5 Å². The fourth-order valence-electron chi connectivity index (χ4n) is 4.14. The number of benzene rings is 1. The van der Waals surface area contributed by atoms with Gasteiger partial charge in [0.1, 0.15) is 11.5 Å². The van der Waals surface area contributed by atoms with E-state index in [0.717, 1.165) is 5.69 Å². The third kappa shape index (κ3) is 2.96. The third-order valence-electron chi connectivity index (χ3n) is 5.57. The van der Waals surface area contributed by atoms with Crippen LogP contribution < -0.4 is 25.6 Å². The van der Waals surface area contributed by atoms with Crippen LogP contribution in [0.2, 0.25) is 0 Å². The van der Waals surface area contributed by atoms with E-state index in [4.69, 9.17) is 14.5 Å². The molecule has 1 aliphatic rings. The van der Waals surface area contributed by atoms with Gasteiger partial charge in [0, 0.05) is 32.7 Å². The maximum Gasteiger partial charge on any atom is 0.332 e. The van der Waals surface area contributed by atoms with E-state index in [0.29, 0.717) is 54.7 Å². The Hall–Kier alpha value is -3.23. The van der Waals surface area contributed by atoms with Crippen LogP contribution >= 0.6 is 0 Å². The zero-order valence-electron chi connectivity index (χ0n) is 18.0. The van der Waals surface area contributed by atoms with Crippen LogP contribution in [-0.4, -0.2) is 39.4 Å². The number of rotatable bonds is 5. The average molecular weight is 413 g/mol. The molecule has 0 aliphatic carbocycles. The lowest BCUT2D eigenvalue weighted by Gasteiger charge is -2.33. The predicted molar refractivity (Wildman–Crippen MR) is 115 cm³/mol. The molecule has 0 saturated heterocycles. The molecule has 9 heteroatoms. The molecule has 0 amide bonds. The van der Waals surface area contributed by atoms with Crippen molar-refractivity contribution in [1.82, 2.24) is 18.7 Å². The standard InChI is InChI=1S/C21H27N5O4/c1-6-9-24-19(27)17-18(23(3)21(24)28)22-20-25(11-13(2)12-26(17)20)15-10-14(29-4)7-8-16(15)30-5/h7-8,10,13H,6,9,11-12H2,1-5H3/t13-/m0/s1. The van der Waals surface area contributed by atoms with Crippen LogP contribution in [0.4, 0.5) is 11.6 Å². The number of fused-ring (bicyclic) bond motifs is 3. The van der Waals surface area contributed by atoms with E-state index in [2.05, 4.69) is 6.92 Å². The minimum atomic E-state index is -0.344. The first-order valence-corrected chi connectivity index (χ1v) is 10.1. The van der Waals surface area contributed by atoms with Crippen LogP contribution in [0, 0.1) is 5.92 Å². The Labute approximate surface area is 174 Å². The molecule has 1 aliphatic heterocycles. The first-order chi connectivity index (χ1) is 14.4. The van der Waals surface area contributed by atoms with Crippen molar-refractivity contribution in [3.05, 3.63) is 39.0 Å². The monoisotopic (exact) mass is 413 g/mol. The SMILES string of the molecule is CCCn1c(=O)c2c(nc3n2C[C@@H](C)CN3c2cc(OC)ccc2OC)n(C)c1=O.